The van der Waals surface area contributed by atoms with E-state index in [-0.39, 0.29) is 5.92 Å². The summed E-state index contributed by atoms with van der Waals surface area (Å²) in [4.78, 5) is 36.5. The Balaban J connectivity index is 2.35. The number of aliphatic hydroxyl groups excluding tert-OH is 2. The molecule has 0 aromatic heterocycles. The van der Waals surface area contributed by atoms with E-state index in [1.54, 1.807) is 0 Å². The van der Waals surface area contributed by atoms with E-state index in [4.69, 9.17) is 14.2 Å². The first kappa shape index (κ1) is 26.4. The lowest BCUT2D eigenvalue weighted by atomic mass is 9.49. The molecule has 0 aromatic rings. The minimum Gasteiger partial charge on any atom is -0.462 e. The zero-order valence-corrected chi connectivity index (χ0v) is 21.2. The molecular weight excluding hydrogens is 440 g/mol. The van der Waals surface area contributed by atoms with Crippen molar-refractivity contribution >= 4 is 17.9 Å². The summed E-state index contributed by atoms with van der Waals surface area (Å²) in [5.74, 6) is -2.46. The molecule has 3 aliphatic rings. The largest absolute Gasteiger partial charge is 0.462 e. The van der Waals surface area contributed by atoms with Crippen LogP contribution in [0.25, 0.3) is 0 Å². The minimum atomic E-state index is -1.19. The van der Waals surface area contributed by atoms with Gasteiger partial charge in [0.15, 0.2) is 0 Å². The number of carbonyl (C=O) groups is 3. The summed E-state index contributed by atoms with van der Waals surface area (Å²) >= 11 is 0. The molecule has 2 saturated carbocycles. The first-order chi connectivity index (χ1) is 15.6. The van der Waals surface area contributed by atoms with Gasteiger partial charge in [-0.3, -0.25) is 14.4 Å². The lowest BCUT2D eigenvalue weighted by molar-refractivity contribution is -0.197. The number of fused-ring (bicyclic) bond motifs is 3. The van der Waals surface area contributed by atoms with E-state index in [1.165, 1.54) is 20.8 Å². The fraction of sp³-hybridized carbons (Fsp3) is 0.731. The van der Waals surface area contributed by atoms with E-state index in [0.29, 0.717) is 36.0 Å². The van der Waals surface area contributed by atoms with Gasteiger partial charge in [-0.25, -0.2) is 0 Å². The Bertz CT molecular complexity index is 918. The third-order valence-corrected chi connectivity index (χ3v) is 8.35. The third-order valence-electron chi connectivity index (χ3n) is 8.35. The number of ether oxygens (including phenoxy) is 3. The van der Waals surface area contributed by atoms with Gasteiger partial charge in [-0.2, -0.15) is 0 Å². The number of aliphatic hydroxyl groups is 2. The SMILES string of the molecule is C=C1C(O)CCC2(C)C(OC(C)=O)C(O)C3=C(C)C(OC(C)=O)CC(C(OC(C)=O)C12)C3(C)C. The molecular formula is C26H38O8. The highest BCUT2D eigenvalue weighted by Crippen LogP contribution is 2.60. The Labute approximate surface area is 201 Å². The molecule has 0 spiro atoms. The van der Waals surface area contributed by atoms with Crippen LogP contribution in [-0.4, -0.2) is 58.6 Å². The van der Waals surface area contributed by atoms with Crippen LogP contribution >= 0.6 is 0 Å². The Hall–Kier alpha value is -2.19. The van der Waals surface area contributed by atoms with Crippen molar-refractivity contribution in [2.24, 2.45) is 22.7 Å². The van der Waals surface area contributed by atoms with Gasteiger partial charge in [0.2, 0.25) is 0 Å². The predicted octanol–water partition coefficient (Wildman–Crippen LogP) is 2.85. The number of hydrogen-bond donors (Lipinski definition) is 2. The first-order valence-corrected chi connectivity index (χ1v) is 11.9. The number of hydrogen-bond acceptors (Lipinski definition) is 8. The lowest BCUT2D eigenvalue weighted by Gasteiger charge is -2.59. The smallest absolute Gasteiger partial charge is 0.303 e. The van der Waals surface area contributed by atoms with Gasteiger partial charge < -0.3 is 24.4 Å². The molecule has 0 heterocycles. The molecule has 0 radical (unpaired) electrons. The van der Waals surface area contributed by atoms with E-state index in [2.05, 4.69) is 6.58 Å². The van der Waals surface area contributed by atoms with E-state index >= 15 is 0 Å². The van der Waals surface area contributed by atoms with Crippen molar-refractivity contribution in [3.8, 4) is 0 Å². The van der Waals surface area contributed by atoms with Crippen LogP contribution in [0.5, 0.6) is 0 Å². The van der Waals surface area contributed by atoms with Crippen molar-refractivity contribution in [2.45, 2.75) is 98.2 Å². The number of rotatable bonds is 3. The number of esters is 3. The maximum absolute atomic E-state index is 12.4. The Morgan fingerprint density at radius 3 is 2.06 bits per heavy atom. The van der Waals surface area contributed by atoms with Gasteiger partial charge in [-0.05, 0) is 48.3 Å². The van der Waals surface area contributed by atoms with Gasteiger partial charge in [0.25, 0.3) is 0 Å². The Morgan fingerprint density at radius 2 is 1.53 bits per heavy atom. The summed E-state index contributed by atoms with van der Waals surface area (Å²) < 4.78 is 17.4. The van der Waals surface area contributed by atoms with Gasteiger partial charge in [0.1, 0.15) is 24.4 Å². The van der Waals surface area contributed by atoms with Crippen molar-refractivity contribution in [1.29, 1.82) is 0 Å². The van der Waals surface area contributed by atoms with Crippen molar-refractivity contribution in [3.05, 3.63) is 23.3 Å². The molecule has 0 saturated heterocycles. The molecule has 2 fully saturated rings. The van der Waals surface area contributed by atoms with Crippen LogP contribution in [0.3, 0.4) is 0 Å². The van der Waals surface area contributed by atoms with Gasteiger partial charge in [-0.1, -0.05) is 27.4 Å². The van der Waals surface area contributed by atoms with Crippen LogP contribution in [0, 0.1) is 22.7 Å². The summed E-state index contributed by atoms with van der Waals surface area (Å²) in [6.07, 6.45) is -3.19. The van der Waals surface area contributed by atoms with Crippen molar-refractivity contribution in [2.75, 3.05) is 0 Å². The highest BCUT2D eigenvalue weighted by molar-refractivity contribution is 5.68. The van der Waals surface area contributed by atoms with Gasteiger partial charge in [-0.15, -0.1) is 0 Å². The van der Waals surface area contributed by atoms with Crippen LogP contribution in [0.4, 0.5) is 0 Å². The average Bonchev–Trinajstić information content (AvgIpc) is 2.69. The van der Waals surface area contributed by atoms with Crippen molar-refractivity contribution in [3.63, 3.8) is 0 Å². The topological polar surface area (TPSA) is 119 Å². The molecule has 3 aliphatic carbocycles. The van der Waals surface area contributed by atoms with E-state index in [9.17, 15) is 24.6 Å². The molecule has 0 amide bonds. The van der Waals surface area contributed by atoms with E-state index in [0.717, 1.165) is 0 Å². The fourth-order valence-corrected chi connectivity index (χ4v) is 6.87. The second-order valence-electron chi connectivity index (χ2n) is 10.9. The van der Waals surface area contributed by atoms with Crippen molar-refractivity contribution in [1.82, 2.24) is 0 Å². The summed E-state index contributed by atoms with van der Waals surface area (Å²) in [5, 5.41) is 22.6. The molecule has 190 valence electrons. The number of carbonyl (C=O) groups excluding carboxylic acids is 3. The minimum absolute atomic E-state index is 0.362. The first-order valence-electron chi connectivity index (χ1n) is 11.9. The second kappa shape index (κ2) is 9.11. The van der Waals surface area contributed by atoms with Crippen LogP contribution in [0.2, 0.25) is 0 Å². The zero-order chi connectivity index (χ0) is 25.7. The van der Waals surface area contributed by atoms with E-state index < -0.39 is 65.2 Å². The predicted molar refractivity (Wildman–Crippen MR) is 123 cm³/mol. The molecule has 8 atom stereocenters. The third kappa shape index (κ3) is 4.31. The summed E-state index contributed by atoms with van der Waals surface area (Å²) in [5.41, 5.74) is 0.242. The fourth-order valence-electron chi connectivity index (χ4n) is 6.87. The molecule has 0 aliphatic heterocycles. The quantitative estimate of drug-likeness (QED) is 0.361. The zero-order valence-electron chi connectivity index (χ0n) is 21.2. The summed E-state index contributed by atoms with van der Waals surface area (Å²) in [7, 11) is 0. The summed E-state index contributed by atoms with van der Waals surface area (Å²) in [6.45, 7) is 15.7. The average molecular weight is 479 g/mol. The molecule has 8 unspecified atom stereocenters. The molecule has 2 bridgehead atoms. The molecule has 8 heteroatoms. The van der Waals surface area contributed by atoms with Crippen LogP contribution < -0.4 is 0 Å². The van der Waals surface area contributed by atoms with Gasteiger partial charge in [0, 0.05) is 38.0 Å². The second-order valence-corrected chi connectivity index (χ2v) is 10.9. The highest BCUT2D eigenvalue weighted by atomic mass is 16.6. The van der Waals surface area contributed by atoms with Crippen LogP contribution in [0.15, 0.2) is 23.3 Å². The van der Waals surface area contributed by atoms with Crippen LogP contribution in [0.1, 0.15) is 67.7 Å². The van der Waals surface area contributed by atoms with Crippen molar-refractivity contribution < 1.29 is 38.8 Å². The molecule has 8 nitrogen and oxygen atoms in total. The van der Waals surface area contributed by atoms with Gasteiger partial charge >= 0.3 is 17.9 Å². The standard InChI is InChI=1S/C26H38O8/c1-12-18(30)9-10-26(8)21(12)23(33-15(4)28)17-11-19(32-14(3)27)13(2)20(25(17,6)7)22(31)24(26)34-16(5)29/h17-19,21-24,30-31H,1,9-11H2,2-8H3. The molecule has 0 aromatic carbocycles. The highest BCUT2D eigenvalue weighted by Gasteiger charge is 2.63. The molecule has 2 N–H and O–H groups in total. The summed E-state index contributed by atoms with van der Waals surface area (Å²) in [6, 6.07) is 0. The van der Waals surface area contributed by atoms with Gasteiger partial charge in [0.05, 0.1) is 6.10 Å². The monoisotopic (exact) mass is 478 g/mol. The Kier molecular flexibility index (Phi) is 7.08. The molecule has 34 heavy (non-hydrogen) atoms. The normalized spacial score (nSPS) is 39.3. The maximum atomic E-state index is 12.4. The van der Waals surface area contributed by atoms with Crippen LogP contribution in [-0.2, 0) is 28.6 Å². The lowest BCUT2D eigenvalue weighted by Crippen LogP contribution is -2.63. The van der Waals surface area contributed by atoms with E-state index in [1.807, 2.05) is 27.7 Å². The Morgan fingerprint density at radius 1 is 0.971 bits per heavy atom. The molecule has 3 rings (SSSR count). The maximum Gasteiger partial charge on any atom is 0.303 e.